The fraction of sp³-hybridized carbons (Fsp3) is 0.206. The Labute approximate surface area is 205 Å². The van der Waals surface area contributed by atoms with E-state index in [1.165, 1.54) is 77.6 Å². The Morgan fingerprint density at radius 3 is 2.37 bits per heavy atom. The maximum atomic E-state index is 14.7. The lowest BCUT2D eigenvalue weighted by Crippen LogP contribution is -2.32. The molecule has 4 aliphatic rings. The lowest BCUT2D eigenvalue weighted by Gasteiger charge is -2.38. The number of benzene rings is 4. The average molecular weight is 451 g/mol. The van der Waals surface area contributed by atoms with E-state index in [-0.39, 0.29) is 11.8 Å². The molecule has 0 bridgehead atoms. The molecule has 2 atom stereocenters. The van der Waals surface area contributed by atoms with Gasteiger partial charge in [0.2, 0.25) is 0 Å². The van der Waals surface area contributed by atoms with Gasteiger partial charge in [0.1, 0.15) is 0 Å². The first kappa shape index (κ1) is 19.6. The molecule has 1 nitrogen and oxygen atoms in total. The van der Waals surface area contributed by atoms with Crippen LogP contribution in [0, 0.1) is 13.8 Å². The minimum atomic E-state index is -0.172. The summed E-state index contributed by atoms with van der Waals surface area (Å²) in [6.07, 6.45) is 5.02. The fourth-order valence-electron chi connectivity index (χ4n) is 7.60. The summed E-state index contributed by atoms with van der Waals surface area (Å²) in [5.41, 5.74) is 15.9. The number of Topliss-reactive ketones (excluding diaryl/α,β-unsaturated/α-hetero) is 1. The molecule has 0 N–H and O–H groups in total. The summed E-state index contributed by atoms with van der Waals surface area (Å²) in [7, 11) is 0. The molecule has 0 saturated carbocycles. The summed E-state index contributed by atoms with van der Waals surface area (Å²) >= 11 is 0. The monoisotopic (exact) mass is 450 g/mol. The molecule has 0 heterocycles. The highest BCUT2D eigenvalue weighted by Crippen LogP contribution is 2.56. The second kappa shape index (κ2) is 6.70. The van der Waals surface area contributed by atoms with E-state index in [0.29, 0.717) is 5.78 Å². The Morgan fingerprint density at radius 2 is 1.51 bits per heavy atom. The van der Waals surface area contributed by atoms with Crippen molar-refractivity contribution in [1.29, 1.82) is 0 Å². The van der Waals surface area contributed by atoms with E-state index in [4.69, 9.17) is 0 Å². The quantitative estimate of drug-likeness (QED) is 0.295. The van der Waals surface area contributed by atoms with Gasteiger partial charge in [-0.3, -0.25) is 4.79 Å². The largest absolute Gasteiger partial charge is 0.298 e. The zero-order chi connectivity index (χ0) is 23.4. The summed E-state index contributed by atoms with van der Waals surface area (Å²) in [6, 6.07) is 24.3. The predicted octanol–water partition coefficient (Wildman–Crippen LogP) is 7.41. The number of fused-ring (bicyclic) bond motifs is 4. The lowest BCUT2D eigenvalue weighted by molar-refractivity contribution is -0.120. The summed E-state index contributed by atoms with van der Waals surface area (Å²) in [6.45, 7) is 4.44. The molecule has 8 rings (SSSR count). The van der Waals surface area contributed by atoms with E-state index in [0.717, 1.165) is 19.3 Å². The standard InChI is InChI=1S/C34H26O/c1-18-13-19(2)29-31(24-14-20-7-3-4-8-21(20)15-24)34(35)33-28-16-22-9-5-6-10-26(22)27(28)17-23-11-12-25(18)32(29)30(23)33/h3-14,31,33H,15-17H2,1-2H3. The molecule has 0 saturated heterocycles. The van der Waals surface area contributed by atoms with Crippen molar-refractivity contribution in [2.45, 2.75) is 44.9 Å². The van der Waals surface area contributed by atoms with E-state index in [9.17, 15) is 4.79 Å². The molecule has 4 aromatic rings. The third-order valence-corrected chi connectivity index (χ3v) is 9.02. The maximum Gasteiger partial charge on any atom is 0.155 e. The van der Waals surface area contributed by atoms with E-state index in [2.05, 4.69) is 86.7 Å². The topological polar surface area (TPSA) is 17.1 Å². The minimum absolute atomic E-state index is 0.131. The molecule has 1 heteroatoms. The molecule has 2 unspecified atom stereocenters. The highest BCUT2D eigenvalue weighted by Gasteiger charge is 2.46. The van der Waals surface area contributed by atoms with Crippen LogP contribution in [-0.4, -0.2) is 5.78 Å². The average Bonchev–Trinajstić information content (AvgIpc) is 3.45. The molecule has 0 amide bonds. The minimum Gasteiger partial charge on any atom is -0.298 e. The van der Waals surface area contributed by atoms with Gasteiger partial charge in [0.15, 0.2) is 5.78 Å². The van der Waals surface area contributed by atoms with Gasteiger partial charge in [0.25, 0.3) is 0 Å². The van der Waals surface area contributed by atoms with Crippen LogP contribution in [0.15, 0.2) is 77.9 Å². The van der Waals surface area contributed by atoms with E-state index >= 15 is 0 Å². The first-order valence-corrected chi connectivity index (χ1v) is 12.8. The smallest absolute Gasteiger partial charge is 0.155 e. The van der Waals surface area contributed by atoms with Gasteiger partial charge in [-0.15, -0.1) is 0 Å². The first-order valence-electron chi connectivity index (χ1n) is 12.8. The normalized spacial score (nSPS) is 21.2. The highest BCUT2D eigenvalue weighted by atomic mass is 16.1. The van der Waals surface area contributed by atoms with Crippen molar-refractivity contribution in [3.05, 3.63) is 128 Å². The lowest BCUT2D eigenvalue weighted by atomic mass is 9.63. The van der Waals surface area contributed by atoms with E-state index in [1.54, 1.807) is 0 Å². The number of hydrogen-bond acceptors (Lipinski definition) is 1. The van der Waals surface area contributed by atoms with Gasteiger partial charge in [-0.25, -0.2) is 0 Å². The van der Waals surface area contributed by atoms with E-state index in [1.807, 2.05) is 0 Å². The zero-order valence-electron chi connectivity index (χ0n) is 20.1. The van der Waals surface area contributed by atoms with Gasteiger partial charge in [-0.2, -0.15) is 0 Å². The van der Waals surface area contributed by atoms with Gasteiger partial charge in [0.05, 0.1) is 11.8 Å². The highest BCUT2D eigenvalue weighted by molar-refractivity contribution is 6.12. The molecule has 0 aromatic heterocycles. The Bertz CT molecular complexity index is 1710. The predicted molar refractivity (Wildman–Crippen MR) is 143 cm³/mol. The molecule has 0 spiro atoms. The molecule has 0 fully saturated rings. The SMILES string of the molecule is Cc1cc(C)c2ccc3c4c2c1C(C1=Cc2ccccc2C1)C(=O)C4C1=C(C3)c2ccccc2C1. The van der Waals surface area contributed by atoms with Crippen LogP contribution < -0.4 is 0 Å². The van der Waals surface area contributed by atoms with Crippen molar-refractivity contribution in [1.82, 2.24) is 0 Å². The van der Waals surface area contributed by atoms with Gasteiger partial charge in [-0.1, -0.05) is 78.4 Å². The van der Waals surface area contributed by atoms with Crippen molar-refractivity contribution in [2.24, 2.45) is 0 Å². The molecule has 0 radical (unpaired) electrons. The molecule has 35 heavy (non-hydrogen) atoms. The van der Waals surface area contributed by atoms with Crippen LogP contribution in [0.3, 0.4) is 0 Å². The molecule has 4 aliphatic carbocycles. The van der Waals surface area contributed by atoms with Crippen LogP contribution in [0.1, 0.15) is 61.9 Å². The number of allylic oxidation sites excluding steroid dienone is 3. The molecule has 0 aliphatic heterocycles. The molecule has 168 valence electrons. The van der Waals surface area contributed by atoms with Crippen molar-refractivity contribution < 1.29 is 4.79 Å². The van der Waals surface area contributed by atoms with Crippen LogP contribution >= 0.6 is 0 Å². The summed E-state index contributed by atoms with van der Waals surface area (Å²) in [5.74, 6) is 0.0826. The first-order chi connectivity index (χ1) is 17.1. The van der Waals surface area contributed by atoms with Crippen molar-refractivity contribution in [3.63, 3.8) is 0 Å². The summed E-state index contributed by atoms with van der Waals surface area (Å²) in [4.78, 5) is 14.7. The van der Waals surface area contributed by atoms with Crippen LogP contribution in [-0.2, 0) is 24.1 Å². The van der Waals surface area contributed by atoms with Crippen molar-refractivity contribution >= 4 is 28.2 Å². The van der Waals surface area contributed by atoms with Gasteiger partial charge in [-0.05, 0) is 105 Å². The van der Waals surface area contributed by atoms with Crippen molar-refractivity contribution in [3.8, 4) is 0 Å². The zero-order valence-corrected chi connectivity index (χ0v) is 20.1. The van der Waals surface area contributed by atoms with Gasteiger partial charge < -0.3 is 0 Å². The van der Waals surface area contributed by atoms with Gasteiger partial charge >= 0.3 is 0 Å². The van der Waals surface area contributed by atoms with Crippen LogP contribution in [0.2, 0.25) is 0 Å². The summed E-state index contributed by atoms with van der Waals surface area (Å²) in [5, 5.41) is 2.69. The third kappa shape index (κ3) is 2.46. The number of carbonyl (C=O) groups excluding carboxylic acids is 1. The second-order valence-electron chi connectivity index (χ2n) is 10.9. The molecular formula is C34H26O. The Kier molecular flexibility index (Phi) is 3.75. The fourth-order valence-corrected chi connectivity index (χ4v) is 7.60. The number of ketones is 1. The summed E-state index contributed by atoms with van der Waals surface area (Å²) < 4.78 is 0. The third-order valence-electron chi connectivity index (χ3n) is 9.02. The number of aryl methyl sites for hydroxylation is 2. The Hall–Kier alpha value is -3.71. The van der Waals surface area contributed by atoms with Crippen LogP contribution in [0.4, 0.5) is 0 Å². The second-order valence-corrected chi connectivity index (χ2v) is 10.9. The Balaban J connectivity index is 1.43. The van der Waals surface area contributed by atoms with Crippen LogP contribution in [0.25, 0.3) is 22.4 Å². The van der Waals surface area contributed by atoms with E-state index < -0.39 is 0 Å². The van der Waals surface area contributed by atoms with Crippen molar-refractivity contribution in [2.75, 3.05) is 0 Å². The number of rotatable bonds is 1. The molecule has 4 aromatic carbocycles. The number of carbonyl (C=O) groups is 1. The Morgan fingerprint density at radius 1 is 0.714 bits per heavy atom. The maximum absolute atomic E-state index is 14.7. The number of hydrogen-bond donors (Lipinski definition) is 0. The van der Waals surface area contributed by atoms with Gasteiger partial charge in [0, 0.05) is 0 Å². The van der Waals surface area contributed by atoms with Crippen LogP contribution in [0.5, 0.6) is 0 Å². The molecular weight excluding hydrogens is 424 g/mol.